The lowest BCUT2D eigenvalue weighted by Crippen LogP contribution is -1.58. The zero-order chi connectivity index (χ0) is 4.24. The van der Waals surface area contributed by atoms with Gasteiger partial charge >= 0.3 is 1.43 Å². The maximum absolute atomic E-state index is 3.78. The van der Waals surface area contributed by atoms with E-state index in [1.165, 1.54) is 0 Å². The van der Waals surface area contributed by atoms with Gasteiger partial charge < -0.3 is 0 Å². The lowest BCUT2D eigenvalue weighted by atomic mass is 10.5. The van der Waals surface area contributed by atoms with Crippen LogP contribution in [0.25, 0.3) is 0 Å². The molecule has 0 aromatic carbocycles. The van der Waals surface area contributed by atoms with Gasteiger partial charge in [0, 0.05) is 12.4 Å². The zero-order valence-corrected chi connectivity index (χ0v) is 6.07. The van der Waals surface area contributed by atoms with Crippen LogP contribution in [0.2, 0.25) is 0 Å². The Labute approximate surface area is 61.3 Å². The highest BCUT2D eigenvalue weighted by molar-refractivity contribution is 14.0. The van der Waals surface area contributed by atoms with Gasteiger partial charge in [-0.2, -0.15) is 0 Å². The Balaban J connectivity index is 0. The van der Waals surface area contributed by atoms with Crippen molar-refractivity contribution in [1.82, 2.24) is 4.98 Å². The van der Waals surface area contributed by atoms with Crippen molar-refractivity contribution in [3.8, 4) is 0 Å². The summed E-state index contributed by atoms with van der Waals surface area (Å²) in [5.74, 6) is 0. The highest BCUT2D eigenvalue weighted by atomic mass is 127. The average Bonchev–Trinajstić information content (AvgIpc) is 1.72. The molecule has 1 rings (SSSR count). The van der Waals surface area contributed by atoms with E-state index in [0.29, 0.717) is 0 Å². The number of pyridine rings is 1. The molecular weight excluding hydrogens is 201 g/mol. The Kier molecular flexibility index (Phi) is 3.98. The molecule has 0 bridgehead atoms. The number of halogens is 1. The molecule has 0 aliphatic rings. The molecule has 1 aromatic rings. The summed E-state index contributed by atoms with van der Waals surface area (Å²) in [6, 6.07) is 5.72. The van der Waals surface area contributed by atoms with Crippen molar-refractivity contribution in [2.24, 2.45) is 0 Å². The van der Waals surface area contributed by atoms with Crippen molar-refractivity contribution in [2.75, 3.05) is 0 Å². The molecule has 0 saturated carbocycles. The van der Waals surface area contributed by atoms with Gasteiger partial charge in [0.1, 0.15) is 0 Å². The Hall–Kier alpha value is -0.120. The van der Waals surface area contributed by atoms with Crippen LogP contribution in [0.4, 0.5) is 0 Å². The molecule has 2 heteroatoms. The lowest BCUT2D eigenvalue weighted by molar-refractivity contribution is 1.33. The molecule has 7 heavy (non-hydrogen) atoms. The molecule has 0 fully saturated rings. The fourth-order valence-electron chi connectivity index (χ4n) is 0.313. The molecule has 0 atom stereocenters. The van der Waals surface area contributed by atoms with Crippen LogP contribution < -0.4 is 0 Å². The van der Waals surface area contributed by atoms with Gasteiger partial charge in [0.2, 0.25) is 0 Å². The van der Waals surface area contributed by atoms with Crippen molar-refractivity contribution in [2.45, 2.75) is 0 Å². The van der Waals surface area contributed by atoms with Crippen LogP contribution in [0, 0.1) is 0 Å². The summed E-state index contributed by atoms with van der Waals surface area (Å²) in [5, 5.41) is 0. The van der Waals surface area contributed by atoms with Gasteiger partial charge in [0.05, 0.1) is 0 Å². The second-order valence-corrected chi connectivity index (χ2v) is 1.02. The smallest absolute Gasteiger partial charge is 0.265 e. The Morgan fingerprint density at radius 2 is 1.57 bits per heavy atom. The van der Waals surface area contributed by atoms with E-state index >= 15 is 0 Å². The van der Waals surface area contributed by atoms with E-state index in [9.17, 15) is 0 Å². The topological polar surface area (TPSA) is 12.9 Å². The molecule has 1 heterocycles. The van der Waals surface area contributed by atoms with Crippen molar-refractivity contribution in [1.29, 1.82) is 0 Å². The van der Waals surface area contributed by atoms with Crippen LogP contribution >= 0.6 is 24.0 Å². The SMILES string of the molecule is I.[H+].c1ccncc1. The van der Waals surface area contributed by atoms with Crippen LogP contribution in [0.5, 0.6) is 0 Å². The van der Waals surface area contributed by atoms with Gasteiger partial charge in [0.25, 0.3) is 0 Å². The van der Waals surface area contributed by atoms with E-state index < -0.39 is 0 Å². The minimum Gasteiger partial charge on any atom is -0.265 e. The first kappa shape index (κ1) is 6.88. The molecule has 0 N–H and O–H groups in total. The molecule has 0 aliphatic carbocycles. The van der Waals surface area contributed by atoms with Gasteiger partial charge in [-0.25, -0.2) is 0 Å². The molecule has 0 saturated heterocycles. The minimum atomic E-state index is 0. The molecular formula is C5H7IN+. The second-order valence-electron chi connectivity index (χ2n) is 1.02. The minimum absolute atomic E-state index is 0. The summed E-state index contributed by atoms with van der Waals surface area (Å²) in [7, 11) is 0. The molecule has 0 spiro atoms. The molecule has 0 amide bonds. The second kappa shape index (κ2) is 4.05. The average molecular weight is 208 g/mol. The van der Waals surface area contributed by atoms with Crippen molar-refractivity contribution >= 4 is 24.0 Å². The third-order valence-electron chi connectivity index (χ3n) is 0.566. The Bertz CT molecular complexity index is 84.4. The van der Waals surface area contributed by atoms with Gasteiger partial charge in [-0.05, 0) is 12.1 Å². The monoisotopic (exact) mass is 208 g/mol. The van der Waals surface area contributed by atoms with Gasteiger partial charge in [0.15, 0.2) is 0 Å². The van der Waals surface area contributed by atoms with E-state index in [1.54, 1.807) is 12.4 Å². The number of hydrogen-bond acceptors (Lipinski definition) is 1. The quantitative estimate of drug-likeness (QED) is 0.592. The maximum atomic E-state index is 3.78. The van der Waals surface area contributed by atoms with Gasteiger partial charge in [-0.15, -0.1) is 24.0 Å². The summed E-state index contributed by atoms with van der Waals surface area (Å²) in [6.45, 7) is 0. The molecule has 0 radical (unpaired) electrons. The Morgan fingerprint density at radius 1 is 1.00 bits per heavy atom. The standard InChI is InChI=1S/C5H5N.HI/c1-2-4-6-5-3-1;/h1-5H;1H/p+1. The predicted octanol–water partition coefficient (Wildman–Crippen LogP) is 1.81. The summed E-state index contributed by atoms with van der Waals surface area (Å²) in [5.41, 5.74) is 0. The van der Waals surface area contributed by atoms with E-state index in [0.717, 1.165) is 0 Å². The summed E-state index contributed by atoms with van der Waals surface area (Å²) in [4.78, 5) is 3.78. The first-order chi connectivity index (χ1) is 3.00. The third-order valence-corrected chi connectivity index (χ3v) is 0.566. The highest BCUT2D eigenvalue weighted by Crippen LogP contribution is 1.73. The Morgan fingerprint density at radius 3 is 1.71 bits per heavy atom. The van der Waals surface area contributed by atoms with Crippen molar-refractivity contribution < 1.29 is 1.43 Å². The van der Waals surface area contributed by atoms with Crippen LogP contribution in [-0.2, 0) is 0 Å². The fourth-order valence-corrected chi connectivity index (χ4v) is 0.313. The van der Waals surface area contributed by atoms with Gasteiger partial charge in [-0.1, -0.05) is 6.07 Å². The summed E-state index contributed by atoms with van der Waals surface area (Å²) < 4.78 is 0. The molecule has 38 valence electrons. The van der Waals surface area contributed by atoms with Crippen molar-refractivity contribution in [3.63, 3.8) is 0 Å². The third kappa shape index (κ3) is 2.56. The molecule has 0 unspecified atom stereocenters. The fraction of sp³-hybridized carbons (Fsp3) is 0. The van der Waals surface area contributed by atoms with E-state index in [1.807, 2.05) is 18.2 Å². The van der Waals surface area contributed by atoms with Crippen LogP contribution in [0.1, 0.15) is 1.43 Å². The predicted molar refractivity (Wildman–Crippen MR) is 40.8 cm³/mol. The normalized spacial score (nSPS) is 6.86. The number of nitrogens with zero attached hydrogens (tertiary/aromatic N) is 1. The van der Waals surface area contributed by atoms with Crippen LogP contribution in [-0.4, -0.2) is 4.98 Å². The van der Waals surface area contributed by atoms with E-state index in [4.69, 9.17) is 0 Å². The number of rotatable bonds is 0. The van der Waals surface area contributed by atoms with E-state index in [-0.39, 0.29) is 25.4 Å². The van der Waals surface area contributed by atoms with Crippen LogP contribution in [0.3, 0.4) is 0 Å². The maximum Gasteiger partial charge on any atom is 1.00 e. The largest absolute Gasteiger partial charge is 1.00 e. The highest BCUT2D eigenvalue weighted by Gasteiger charge is 1.58. The zero-order valence-electron chi connectivity index (χ0n) is 4.74. The molecule has 1 nitrogen and oxygen atoms in total. The lowest BCUT2D eigenvalue weighted by Gasteiger charge is -1.70. The summed E-state index contributed by atoms with van der Waals surface area (Å²) >= 11 is 0. The van der Waals surface area contributed by atoms with Gasteiger partial charge in [-0.3, -0.25) is 4.98 Å². The van der Waals surface area contributed by atoms with Crippen LogP contribution in [0.15, 0.2) is 30.6 Å². The molecule has 0 aliphatic heterocycles. The van der Waals surface area contributed by atoms with Crippen molar-refractivity contribution in [3.05, 3.63) is 30.6 Å². The van der Waals surface area contributed by atoms with E-state index in [2.05, 4.69) is 4.98 Å². The number of hydrogen-bond donors (Lipinski definition) is 0. The summed E-state index contributed by atoms with van der Waals surface area (Å²) in [6.07, 6.45) is 3.50. The first-order valence-electron chi connectivity index (χ1n) is 1.85. The first-order valence-corrected chi connectivity index (χ1v) is 1.85. The molecule has 1 aromatic heterocycles. The number of aromatic nitrogens is 1.